The van der Waals surface area contributed by atoms with Crippen molar-refractivity contribution in [2.75, 3.05) is 7.11 Å². The number of benzene rings is 3. The highest BCUT2D eigenvalue weighted by molar-refractivity contribution is 7.22. The second kappa shape index (κ2) is 9.16. The highest BCUT2D eigenvalue weighted by Crippen LogP contribution is 2.41. The summed E-state index contributed by atoms with van der Waals surface area (Å²) in [5.41, 5.74) is 6.36. The third-order valence-corrected chi connectivity index (χ3v) is 7.75. The molecule has 2 heterocycles. The zero-order valence-corrected chi connectivity index (χ0v) is 21.3. The van der Waals surface area contributed by atoms with Crippen molar-refractivity contribution in [2.45, 2.75) is 33.8 Å². The van der Waals surface area contributed by atoms with Gasteiger partial charge in [0.15, 0.2) is 0 Å². The molecule has 0 aliphatic rings. The molecule has 0 saturated heterocycles. The van der Waals surface area contributed by atoms with Crippen molar-refractivity contribution in [2.24, 2.45) is 0 Å². The van der Waals surface area contributed by atoms with Crippen LogP contribution in [0.5, 0.6) is 5.75 Å². The first kappa shape index (κ1) is 23.1. The van der Waals surface area contributed by atoms with Gasteiger partial charge in [0.1, 0.15) is 11.9 Å². The predicted octanol–water partition coefficient (Wildman–Crippen LogP) is 7.97. The number of thiophene rings is 1. The van der Waals surface area contributed by atoms with Crippen LogP contribution in [-0.4, -0.2) is 18.1 Å². The Morgan fingerprint density at radius 1 is 0.971 bits per heavy atom. The topological polar surface area (TPSA) is 48.4 Å². The fraction of sp³-hybridized carbons (Fsp3) is 0.200. The number of fused-ring (bicyclic) bond motifs is 2. The van der Waals surface area contributed by atoms with E-state index >= 15 is 0 Å². The molecule has 5 rings (SSSR count). The van der Waals surface area contributed by atoms with E-state index in [1.807, 2.05) is 44.2 Å². The second-order valence-corrected chi connectivity index (χ2v) is 9.93. The largest absolute Gasteiger partial charge is 0.485 e. The van der Waals surface area contributed by atoms with Crippen LogP contribution in [0.2, 0.25) is 0 Å². The fourth-order valence-corrected chi connectivity index (χ4v) is 5.61. The first-order valence-corrected chi connectivity index (χ1v) is 12.4. The number of carbonyl (C=O) groups is 1. The van der Waals surface area contributed by atoms with E-state index in [0.717, 1.165) is 32.8 Å². The molecule has 0 amide bonds. The summed E-state index contributed by atoms with van der Waals surface area (Å²) in [6.45, 7) is 8.18. The Morgan fingerprint density at radius 3 is 2.43 bits per heavy atom. The molecule has 3 aromatic carbocycles. The molecule has 0 bridgehead atoms. The number of nitrogens with zero attached hydrogens (tertiary/aromatic N) is 1. The lowest BCUT2D eigenvalue weighted by atomic mass is 10.0. The Balaban J connectivity index is 1.69. The van der Waals surface area contributed by atoms with Crippen LogP contribution in [0, 0.1) is 20.8 Å². The molecule has 2 aromatic heterocycles. The average Bonchev–Trinajstić information content (AvgIpc) is 3.21. The molecular weight excluding hydrogens is 454 g/mol. The molecule has 4 nitrogen and oxygen atoms in total. The molecule has 176 valence electrons. The van der Waals surface area contributed by atoms with Crippen molar-refractivity contribution >= 4 is 38.3 Å². The van der Waals surface area contributed by atoms with Crippen LogP contribution in [0.1, 0.15) is 45.6 Å². The van der Waals surface area contributed by atoms with Crippen molar-refractivity contribution in [3.63, 3.8) is 0 Å². The maximum Gasteiger partial charge on any atom is 0.338 e. The van der Waals surface area contributed by atoms with E-state index in [2.05, 4.69) is 50.2 Å². The van der Waals surface area contributed by atoms with Crippen molar-refractivity contribution in [1.82, 2.24) is 4.98 Å². The van der Waals surface area contributed by atoms with Gasteiger partial charge >= 0.3 is 5.97 Å². The van der Waals surface area contributed by atoms with Crippen LogP contribution in [0.4, 0.5) is 0 Å². The molecule has 0 spiro atoms. The third-order valence-electron chi connectivity index (χ3n) is 6.46. The average molecular weight is 482 g/mol. The van der Waals surface area contributed by atoms with Gasteiger partial charge < -0.3 is 9.47 Å². The molecule has 35 heavy (non-hydrogen) atoms. The van der Waals surface area contributed by atoms with E-state index < -0.39 is 5.97 Å². The standard InChI is InChI=1S/C30H27NO3S/c1-17-10-13-21(14-11-17)20(4)34-25-15-12-18(2)28-27(25)23(30(32)33-5)16-24(31-28)29-19(3)22-8-6-7-9-26(22)35-29/h6-16,20H,1-5H3. The maximum atomic E-state index is 13.0. The quantitative estimate of drug-likeness (QED) is 0.239. The van der Waals surface area contributed by atoms with Gasteiger partial charge in [-0.25, -0.2) is 9.78 Å². The van der Waals surface area contributed by atoms with Crippen LogP contribution in [0.3, 0.4) is 0 Å². The van der Waals surface area contributed by atoms with Gasteiger partial charge in [-0.05, 0) is 68.0 Å². The van der Waals surface area contributed by atoms with Crippen molar-refractivity contribution in [3.8, 4) is 16.3 Å². The molecule has 1 atom stereocenters. The van der Waals surface area contributed by atoms with Crippen LogP contribution < -0.4 is 4.74 Å². The molecule has 0 N–H and O–H groups in total. The van der Waals surface area contributed by atoms with Crippen LogP contribution >= 0.6 is 11.3 Å². The Labute approximate surface area is 209 Å². The molecular formula is C30H27NO3S. The number of hydrogen-bond acceptors (Lipinski definition) is 5. The maximum absolute atomic E-state index is 13.0. The van der Waals surface area contributed by atoms with Crippen LogP contribution in [-0.2, 0) is 4.74 Å². The fourth-order valence-electron chi connectivity index (χ4n) is 4.44. The van der Waals surface area contributed by atoms with Crippen LogP contribution in [0.15, 0.2) is 66.7 Å². The highest BCUT2D eigenvalue weighted by atomic mass is 32.1. The smallest absolute Gasteiger partial charge is 0.338 e. The predicted molar refractivity (Wildman–Crippen MR) is 144 cm³/mol. The number of hydrogen-bond donors (Lipinski definition) is 0. The van der Waals surface area contributed by atoms with E-state index in [0.29, 0.717) is 16.7 Å². The molecule has 5 heteroatoms. The monoisotopic (exact) mass is 481 g/mol. The number of aromatic nitrogens is 1. The molecule has 0 saturated carbocycles. The Kier molecular flexibility index (Phi) is 6.03. The molecule has 0 aliphatic carbocycles. The Bertz CT molecular complexity index is 1570. The summed E-state index contributed by atoms with van der Waals surface area (Å²) in [4.78, 5) is 19.1. The van der Waals surface area contributed by atoms with Crippen LogP contribution in [0.25, 0.3) is 31.6 Å². The minimum Gasteiger partial charge on any atom is -0.485 e. The molecule has 1 unspecified atom stereocenters. The van der Waals surface area contributed by atoms with Gasteiger partial charge in [0.25, 0.3) is 0 Å². The first-order valence-electron chi connectivity index (χ1n) is 11.6. The first-order chi connectivity index (χ1) is 16.9. The summed E-state index contributed by atoms with van der Waals surface area (Å²) in [5, 5.41) is 1.88. The number of methoxy groups -OCH3 is 1. The summed E-state index contributed by atoms with van der Waals surface area (Å²) in [7, 11) is 1.41. The minimum atomic E-state index is -0.407. The number of carbonyl (C=O) groups excluding carboxylic acids is 1. The Morgan fingerprint density at radius 2 is 1.71 bits per heavy atom. The number of ether oxygens (including phenoxy) is 2. The zero-order chi connectivity index (χ0) is 24.7. The van der Waals surface area contributed by atoms with Gasteiger partial charge in [-0.3, -0.25) is 0 Å². The molecule has 0 fully saturated rings. The van der Waals surface area contributed by atoms with Gasteiger partial charge in [0.05, 0.1) is 34.1 Å². The number of esters is 1. The molecule has 0 aliphatic heterocycles. The lowest BCUT2D eigenvalue weighted by Gasteiger charge is -2.19. The zero-order valence-electron chi connectivity index (χ0n) is 20.5. The summed E-state index contributed by atoms with van der Waals surface area (Å²) < 4.78 is 12.8. The summed E-state index contributed by atoms with van der Waals surface area (Å²) in [5.74, 6) is 0.210. The van der Waals surface area contributed by atoms with Crippen molar-refractivity contribution in [1.29, 1.82) is 0 Å². The third kappa shape index (κ3) is 4.17. The van der Waals surface area contributed by atoms with E-state index in [1.54, 1.807) is 11.3 Å². The summed E-state index contributed by atoms with van der Waals surface area (Å²) in [6, 6.07) is 22.4. The van der Waals surface area contributed by atoms with Gasteiger partial charge in [0, 0.05) is 4.70 Å². The normalized spacial score (nSPS) is 12.1. The van der Waals surface area contributed by atoms with Gasteiger partial charge in [-0.1, -0.05) is 54.1 Å². The van der Waals surface area contributed by atoms with Gasteiger partial charge in [-0.15, -0.1) is 11.3 Å². The second-order valence-electron chi connectivity index (χ2n) is 8.87. The number of aryl methyl sites for hydroxylation is 3. The number of rotatable bonds is 5. The van der Waals surface area contributed by atoms with E-state index in [9.17, 15) is 4.79 Å². The van der Waals surface area contributed by atoms with E-state index in [1.165, 1.54) is 22.8 Å². The van der Waals surface area contributed by atoms with Crippen molar-refractivity contribution < 1.29 is 14.3 Å². The lowest BCUT2D eigenvalue weighted by Crippen LogP contribution is -2.08. The summed E-state index contributed by atoms with van der Waals surface area (Å²) in [6.07, 6.45) is -0.198. The molecule has 5 aromatic rings. The lowest BCUT2D eigenvalue weighted by molar-refractivity contribution is 0.0602. The van der Waals surface area contributed by atoms with E-state index in [-0.39, 0.29) is 6.10 Å². The number of pyridine rings is 1. The molecule has 0 radical (unpaired) electrons. The Hall–Kier alpha value is -3.70. The highest BCUT2D eigenvalue weighted by Gasteiger charge is 2.22. The van der Waals surface area contributed by atoms with E-state index in [4.69, 9.17) is 14.5 Å². The van der Waals surface area contributed by atoms with Gasteiger partial charge in [-0.2, -0.15) is 0 Å². The minimum absolute atomic E-state index is 0.198. The van der Waals surface area contributed by atoms with Crippen molar-refractivity contribution in [3.05, 3.63) is 94.5 Å². The van der Waals surface area contributed by atoms with Gasteiger partial charge in [0.2, 0.25) is 0 Å². The SMILES string of the molecule is COC(=O)c1cc(-c2sc3ccccc3c2C)nc2c(C)ccc(OC(C)c3ccc(C)cc3)c12. The summed E-state index contributed by atoms with van der Waals surface area (Å²) >= 11 is 1.69.